The number of nitrogens with one attached hydrogen (secondary N) is 1. The highest BCUT2D eigenvalue weighted by Crippen LogP contribution is 2.36. The summed E-state index contributed by atoms with van der Waals surface area (Å²) >= 11 is 0. The number of fused-ring (bicyclic) bond motifs is 1. The van der Waals surface area contributed by atoms with Crippen molar-refractivity contribution in [3.63, 3.8) is 0 Å². The molecule has 0 aliphatic carbocycles. The van der Waals surface area contributed by atoms with Gasteiger partial charge < -0.3 is 9.64 Å². The molecule has 4 aromatic rings. The normalized spacial score (nSPS) is 18.9. The molecular formula is C29H35N7O2. The number of aromatic amines is 1. The number of aryl methyl sites for hydroxylation is 1. The predicted octanol–water partition coefficient (Wildman–Crippen LogP) is 4.21. The van der Waals surface area contributed by atoms with Gasteiger partial charge in [-0.15, -0.1) is 0 Å². The summed E-state index contributed by atoms with van der Waals surface area (Å²) in [5.41, 5.74) is 8.22. The van der Waals surface area contributed by atoms with Gasteiger partial charge in [0.25, 0.3) is 0 Å². The fourth-order valence-electron chi connectivity index (χ4n) is 5.68. The second-order valence-corrected chi connectivity index (χ2v) is 10.9. The van der Waals surface area contributed by atoms with E-state index in [-0.39, 0.29) is 23.9 Å². The van der Waals surface area contributed by atoms with Crippen molar-refractivity contribution in [3.05, 3.63) is 59.5 Å². The largest absolute Gasteiger partial charge is 0.378 e. The van der Waals surface area contributed by atoms with Crippen LogP contribution in [0.25, 0.3) is 28.2 Å². The van der Waals surface area contributed by atoms with Gasteiger partial charge in [-0.25, -0.2) is 9.50 Å². The highest BCUT2D eigenvalue weighted by Gasteiger charge is 2.43. The van der Waals surface area contributed by atoms with E-state index in [1.165, 1.54) is 5.56 Å². The molecule has 0 spiro atoms. The number of pyridine rings is 1. The summed E-state index contributed by atoms with van der Waals surface area (Å²) in [7, 11) is 1.92. The fraction of sp³-hybridized carbons (Fsp3) is 0.448. The van der Waals surface area contributed by atoms with Crippen molar-refractivity contribution >= 4 is 11.6 Å². The van der Waals surface area contributed by atoms with Gasteiger partial charge in [0.2, 0.25) is 5.91 Å². The number of hydrogen-bond donors (Lipinski definition) is 1. The number of benzene rings is 1. The first-order valence-electron chi connectivity index (χ1n) is 13.4. The Hall–Kier alpha value is -3.56. The Bertz CT molecular complexity index is 1470. The van der Waals surface area contributed by atoms with Crippen molar-refractivity contribution in [3.8, 4) is 22.5 Å². The summed E-state index contributed by atoms with van der Waals surface area (Å²) in [6.07, 6.45) is 4.49. The van der Waals surface area contributed by atoms with E-state index in [9.17, 15) is 4.79 Å². The molecule has 5 heterocycles. The van der Waals surface area contributed by atoms with E-state index in [0.29, 0.717) is 6.04 Å². The number of likely N-dealkylation sites (N-methyl/N-ethyl adjacent to an activating group) is 1. The minimum atomic E-state index is -0.0204. The molecule has 2 aliphatic rings. The van der Waals surface area contributed by atoms with Crippen LogP contribution in [0, 0.1) is 6.92 Å². The van der Waals surface area contributed by atoms with E-state index in [0.717, 1.165) is 65.5 Å². The molecule has 198 valence electrons. The average molecular weight is 514 g/mol. The monoisotopic (exact) mass is 513 g/mol. The van der Waals surface area contributed by atoms with Gasteiger partial charge in [0.1, 0.15) is 6.33 Å². The van der Waals surface area contributed by atoms with Crippen LogP contribution < -0.4 is 0 Å². The number of H-pyrrole nitrogens is 1. The van der Waals surface area contributed by atoms with E-state index in [1.807, 2.05) is 25.1 Å². The van der Waals surface area contributed by atoms with Gasteiger partial charge in [0, 0.05) is 30.9 Å². The standard InChI is InChI=1S/C29H35N7O2/c1-17(2)25-26(32-33-27(25)22-12-18(3)28-30-16-31-36(28)13-22)21-8-6-20(7-9-21)19(4)34(5)29(37)24-10-11-35(24)23-14-38-15-23/h6-9,12-13,16-17,19,23-24H,10-11,14-15H2,1-5H3,(H,32,33)/t19-,24-/m0/s1. The summed E-state index contributed by atoms with van der Waals surface area (Å²) in [6, 6.07) is 11.0. The molecule has 0 bridgehead atoms. The second kappa shape index (κ2) is 9.63. The SMILES string of the molecule is Cc1cc(-c2n[nH]c(-c3ccc([C@H](C)N(C)C(=O)[C@@H]4CCN4C4COC4)cc3)c2C(C)C)cn2ncnc12. The van der Waals surface area contributed by atoms with E-state index in [2.05, 4.69) is 71.2 Å². The first-order valence-corrected chi connectivity index (χ1v) is 13.4. The van der Waals surface area contributed by atoms with E-state index < -0.39 is 0 Å². The van der Waals surface area contributed by atoms with Gasteiger partial charge in [-0.05, 0) is 48.9 Å². The maximum Gasteiger partial charge on any atom is 0.240 e. The average Bonchev–Trinajstić information content (AvgIpc) is 3.52. The number of nitrogens with zero attached hydrogens (tertiary/aromatic N) is 6. The predicted molar refractivity (Wildman–Crippen MR) is 146 cm³/mol. The molecule has 2 atom stereocenters. The number of rotatable bonds is 7. The number of ether oxygens (including phenoxy) is 1. The molecule has 6 rings (SSSR count). The Morgan fingerprint density at radius 3 is 2.55 bits per heavy atom. The maximum atomic E-state index is 13.2. The first kappa shape index (κ1) is 24.8. The third kappa shape index (κ3) is 4.10. The van der Waals surface area contributed by atoms with Gasteiger partial charge >= 0.3 is 0 Å². The molecule has 1 N–H and O–H groups in total. The zero-order valence-electron chi connectivity index (χ0n) is 22.7. The van der Waals surface area contributed by atoms with Crippen molar-refractivity contribution < 1.29 is 9.53 Å². The molecule has 0 saturated carbocycles. The van der Waals surface area contributed by atoms with Crippen molar-refractivity contribution in [2.75, 3.05) is 26.8 Å². The quantitative estimate of drug-likeness (QED) is 0.398. The van der Waals surface area contributed by atoms with Crippen LogP contribution in [-0.4, -0.2) is 79.4 Å². The molecule has 3 aromatic heterocycles. The number of amides is 1. The first-order chi connectivity index (χ1) is 18.3. The molecular weight excluding hydrogens is 478 g/mol. The van der Waals surface area contributed by atoms with Gasteiger partial charge in [-0.3, -0.25) is 14.8 Å². The number of aromatic nitrogens is 5. The molecule has 38 heavy (non-hydrogen) atoms. The Morgan fingerprint density at radius 2 is 1.92 bits per heavy atom. The van der Waals surface area contributed by atoms with Crippen LogP contribution in [0.5, 0.6) is 0 Å². The minimum Gasteiger partial charge on any atom is -0.378 e. The van der Waals surface area contributed by atoms with Crippen molar-refractivity contribution in [1.82, 2.24) is 34.6 Å². The third-order valence-corrected chi connectivity index (χ3v) is 8.26. The van der Waals surface area contributed by atoms with E-state index in [1.54, 1.807) is 10.8 Å². The van der Waals surface area contributed by atoms with Crippen LogP contribution in [0.2, 0.25) is 0 Å². The number of carbonyl (C=O) groups is 1. The van der Waals surface area contributed by atoms with Crippen LogP contribution in [-0.2, 0) is 9.53 Å². The lowest BCUT2D eigenvalue weighted by atomic mass is 9.93. The lowest BCUT2D eigenvalue weighted by Crippen LogP contribution is -2.64. The molecule has 2 aliphatic heterocycles. The summed E-state index contributed by atoms with van der Waals surface area (Å²) in [6.45, 7) is 11.0. The van der Waals surface area contributed by atoms with Gasteiger partial charge in [0.15, 0.2) is 5.65 Å². The molecule has 1 amide bonds. The highest BCUT2D eigenvalue weighted by atomic mass is 16.5. The molecule has 9 nitrogen and oxygen atoms in total. The number of carbonyl (C=O) groups excluding carboxylic acids is 1. The maximum absolute atomic E-state index is 13.2. The smallest absolute Gasteiger partial charge is 0.240 e. The topological polar surface area (TPSA) is 91.7 Å². The fourth-order valence-corrected chi connectivity index (χ4v) is 5.68. The summed E-state index contributed by atoms with van der Waals surface area (Å²) in [5, 5.41) is 12.4. The van der Waals surface area contributed by atoms with E-state index in [4.69, 9.17) is 9.84 Å². The Morgan fingerprint density at radius 1 is 1.16 bits per heavy atom. The van der Waals surface area contributed by atoms with Crippen LogP contribution in [0.3, 0.4) is 0 Å². The molecule has 1 aromatic carbocycles. The molecule has 9 heteroatoms. The zero-order chi connectivity index (χ0) is 26.6. The number of likely N-dealkylation sites (tertiary alicyclic amines) is 1. The van der Waals surface area contributed by atoms with Crippen molar-refractivity contribution in [2.24, 2.45) is 0 Å². The Kier molecular flexibility index (Phi) is 6.28. The molecule has 2 fully saturated rings. The van der Waals surface area contributed by atoms with Crippen LogP contribution in [0.4, 0.5) is 0 Å². The molecule has 0 unspecified atom stereocenters. The Labute approximate surface area is 222 Å². The summed E-state index contributed by atoms with van der Waals surface area (Å²) in [4.78, 5) is 21.8. The second-order valence-electron chi connectivity index (χ2n) is 10.9. The molecule has 2 saturated heterocycles. The van der Waals surface area contributed by atoms with Crippen LogP contribution in [0.15, 0.2) is 42.9 Å². The van der Waals surface area contributed by atoms with Crippen molar-refractivity contribution in [2.45, 2.75) is 58.2 Å². The van der Waals surface area contributed by atoms with Crippen LogP contribution >= 0.6 is 0 Å². The van der Waals surface area contributed by atoms with Gasteiger partial charge in [-0.1, -0.05) is 38.1 Å². The van der Waals surface area contributed by atoms with E-state index >= 15 is 0 Å². The highest BCUT2D eigenvalue weighted by molar-refractivity contribution is 5.83. The minimum absolute atomic E-state index is 0.0177. The summed E-state index contributed by atoms with van der Waals surface area (Å²) in [5.74, 6) is 0.457. The third-order valence-electron chi connectivity index (χ3n) is 8.26. The number of hydrogen-bond acceptors (Lipinski definition) is 6. The lowest BCUT2D eigenvalue weighted by Gasteiger charge is -2.49. The lowest BCUT2D eigenvalue weighted by molar-refractivity contribution is -0.155. The Balaban J connectivity index is 1.24. The van der Waals surface area contributed by atoms with Crippen molar-refractivity contribution in [1.29, 1.82) is 0 Å². The zero-order valence-corrected chi connectivity index (χ0v) is 22.7. The molecule has 0 radical (unpaired) electrons. The summed E-state index contributed by atoms with van der Waals surface area (Å²) < 4.78 is 7.14. The van der Waals surface area contributed by atoms with Gasteiger partial charge in [-0.2, -0.15) is 10.2 Å². The van der Waals surface area contributed by atoms with Gasteiger partial charge in [0.05, 0.1) is 42.7 Å². The van der Waals surface area contributed by atoms with Crippen LogP contribution in [0.1, 0.15) is 55.8 Å².